The third kappa shape index (κ3) is 5.01. The second-order valence-electron chi connectivity index (χ2n) is 9.19. The van der Waals surface area contributed by atoms with E-state index in [0.717, 1.165) is 38.5 Å². The van der Waals surface area contributed by atoms with Crippen LogP contribution in [0.15, 0.2) is 0 Å². The number of carbonyl (C=O) groups is 3. The molecule has 3 rings (SSSR count). The number of nitrogens with one attached hydrogen (secondary N) is 1. The van der Waals surface area contributed by atoms with Gasteiger partial charge in [0.2, 0.25) is 17.7 Å². The standard InChI is InChI=1S/C23H33N5O3/c24-17-22(8-3-1-4-9-22)20(30)26-12-7-19(29)27-13-15-28(16-14-27)21(31)23(18-25)10-5-2-6-11-23/h1-16H2,(H,26,30). The normalized spacial score (nSPS) is 22.6. The van der Waals surface area contributed by atoms with Gasteiger partial charge in [-0.3, -0.25) is 14.4 Å². The van der Waals surface area contributed by atoms with E-state index in [4.69, 9.17) is 0 Å². The van der Waals surface area contributed by atoms with E-state index in [2.05, 4.69) is 17.5 Å². The summed E-state index contributed by atoms with van der Waals surface area (Å²) in [5.74, 6) is -0.398. The van der Waals surface area contributed by atoms with E-state index < -0.39 is 10.8 Å². The molecule has 8 heteroatoms. The minimum absolute atomic E-state index is 0.0605. The van der Waals surface area contributed by atoms with Crippen molar-refractivity contribution in [1.29, 1.82) is 10.5 Å². The zero-order valence-electron chi connectivity index (χ0n) is 18.3. The van der Waals surface area contributed by atoms with Crippen LogP contribution in [0, 0.1) is 33.5 Å². The molecule has 0 aromatic carbocycles. The van der Waals surface area contributed by atoms with Crippen LogP contribution in [0.25, 0.3) is 0 Å². The molecule has 1 N–H and O–H groups in total. The van der Waals surface area contributed by atoms with Gasteiger partial charge in [0, 0.05) is 39.1 Å². The lowest BCUT2D eigenvalue weighted by Gasteiger charge is -2.39. The first-order chi connectivity index (χ1) is 15.0. The first-order valence-corrected chi connectivity index (χ1v) is 11.6. The highest BCUT2D eigenvalue weighted by Gasteiger charge is 2.43. The summed E-state index contributed by atoms with van der Waals surface area (Å²) >= 11 is 0. The lowest BCUT2D eigenvalue weighted by molar-refractivity contribution is -0.146. The first-order valence-electron chi connectivity index (χ1n) is 11.6. The average molecular weight is 428 g/mol. The molecule has 31 heavy (non-hydrogen) atoms. The topological polar surface area (TPSA) is 117 Å². The van der Waals surface area contributed by atoms with Crippen molar-refractivity contribution < 1.29 is 14.4 Å². The van der Waals surface area contributed by atoms with Crippen molar-refractivity contribution in [3.63, 3.8) is 0 Å². The molecule has 0 atom stereocenters. The Kier molecular flexibility index (Phi) is 7.54. The van der Waals surface area contributed by atoms with Crippen LogP contribution in [-0.2, 0) is 14.4 Å². The van der Waals surface area contributed by atoms with Gasteiger partial charge in [0.1, 0.15) is 10.8 Å². The summed E-state index contributed by atoms with van der Waals surface area (Å²) in [6.45, 7) is 2.00. The number of nitriles is 2. The fraction of sp³-hybridized carbons (Fsp3) is 0.783. The van der Waals surface area contributed by atoms with E-state index in [1.54, 1.807) is 9.80 Å². The number of hydrogen-bond donors (Lipinski definition) is 1. The molecule has 3 fully saturated rings. The summed E-state index contributed by atoms with van der Waals surface area (Å²) in [6.07, 6.45) is 8.34. The van der Waals surface area contributed by atoms with Crippen LogP contribution in [0.1, 0.15) is 70.6 Å². The van der Waals surface area contributed by atoms with Crippen molar-refractivity contribution in [2.45, 2.75) is 70.6 Å². The Hall–Kier alpha value is -2.61. The van der Waals surface area contributed by atoms with Gasteiger partial charge in [-0.25, -0.2) is 0 Å². The van der Waals surface area contributed by atoms with Crippen LogP contribution >= 0.6 is 0 Å². The number of amides is 3. The van der Waals surface area contributed by atoms with Gasteiger partial charge in [-0.1, -0.05) is 38.5 Å². The molecule has 168 valence electrons. The van der Waals surface area contributed by atoms with Crippen molar-refractivity contribution >= 4 is 17.7 Å². The van der Waals surface area contributed by atoms with E-state index >= 15 is 0 Å². The Bertz CT molecular complexity index is 761. The SMILES string of the molecule is N#CC1(C(=O)NCCC(=O)N2CCN(C(=O)C3(C#N)CCCCC3)CC2)CCCCC1. The van der Waals surface area contributed by atoms with Crippen LogP contribution < -0.4 is 5.32 Å². The van der Waals surface area contributed by atoms with Gasteiger partial charge in [-0.05, 0) is 25.7 Å². The molecule has 0 spiro atoms. The van der Waals surface area contributed by atoms with Gasteiger partial charge >= 0.3 is 0 Å². The number of piperazine rings is 1. The molecule has 3 amide bonds. The highest BCUT2D eigenvalue weighted by atomic mass is 16.2. The maximum Gasteiger partial charge on any atom is 0.243 e. The highest BCUT2D eigenvalue weighted by molar-refractivity contribution is 5.87. The highest BCUT2D eigenvalue weighted by Crippen LogP contribution is 2.38. The van der Waals surface area contributed by atoms with Crippen molar-refractivity contribution in [3.05, 3.63) is 0 Å². The molecule has 0 unspecified atom stereocenters. The zero-order valence-corrected chi connectivity index (χ0v) is 18.3. The molecule has 3 aliphatic rings. The number of hydrogen-bond acceptors (Lipinski definition) is 5. The molecule has 0 bridgehead atoms. The third-order valence-electron chi connectivity index (χ3n) is 7.23. The molecular weight excluding hydrogens is 394 g/mol. The van der Waals surface area contributed by atoms with E-state index in [9.17, 15) is 24.9 Å². The monoisotopic (exact) mass is 427 g/mol. The molecule has 0 aromatic rings. The smallest absolute Gasteiger partial charge is 0.243 e. The lowest BCUT2D eigenvalue weighted by Crippen LogP contribution is -2.54. The maximum atomic E-state index is 13.0. The van der Waals surface area contributed by atoms with Crippen LogP contribution in [0.4, 0.5) is 0 Å². The largest absolute Gasteiger partial charge is 0.354 e. The second-order valence-corrected chi connectivity index (χ2v) is 9.19. The van der Waals surface area contributed by atoms with Crippen LogP contribution in [-0.4, -0.2) is 60.2 Å². The minimum atomic E-state index is -0.941. The van der Waals surface area contributed by atoms with Crippen molar-refractivity contribution in [2.24, 2.45) is 10.8 Å². The van der Waals surface area contributed by atoms with Crippen molar-refractivity contribution in [3.8, 4) is 12.1 Å². The second kappa shape index (κ2) is 10.1. The van der Waals surface area contributed by atoms with Gasteiger partial charge in [-0.15, -0.1) is 0 Å². The molecule has 8 nitrogen and oxygen atoms in total. The summed E-state index contributed by atoms with van der Waals surface area (Å²) in [7, 11) is 0. The van der Waals surface area contributed by atoms with Gasteiger partial charge < -0.3 is 15.1 Å². The molecule has 0 radical (unpaired) electrons. The molecule has 2 saturated carbocycles. The third-order valence-corrected chi connectivity index (χ3v) is 7.23. The van der Waals surface area contributed by atoms with E-state index in [0.29, 0.717) is 51.9 Å². The summed E-state index contributed by atoms with van der Waals surface area (Å²) in [4.78, 5) is 41.5. The zero-order chi connectivity index (χ0) is 22.3. The van der Waals surface area contributed by atoms with Gasteiger partial charge in [0.05, 0.1) is 12.1 Å². The fourth-order valence-electron chi connectivity index (χ4n) is 5.15. The Labute approximate surface area is 184 Å². The summed E-state index contributed by atoms with van der Waals surface area (Å²) in [5.41, 5.74) is -1.83. The summed E-state index contributed by atoms with van der Waals surface area (Å²) in [5, 5.41) is 21.9. The predicted octanol–water partition coefficient (Wildman–Crippen LogP) is 2.11. The fourth-order valence-corrected chi connectivity index (χ4v) is 5.15. The molecule has 1 heterocycles. The maximum absolute atomic E-state index is 13.0. The van der Waals surface area contributed by atoms with E-state index in [1.165, 1.54) is 0 Å². The molecular formula is C23H33N5O3. The van der Waals surface area contributed by atoms with Gasteiger partial charge in [0.15, 0.2) is 0 Å². The molecule has 2 aliphatic carbocycles. The predicted molar refractivity (Wildman–Crippen MR) is 113 cm³/mol. The Morgan fingerprint density at radius 1 is 0.742 bits per heavy atom. The number of nitrogens with zero attached hydrogens (tertiary/aromatic N) is 4. The Morgan fingerprint density at radius 2 is 1.23 bits per heavy atom. The molecule has 0 aromatic heterocycles. The van der Waals surface area contributed by atoms with Crippen molar-refractivity contribution in [1.82, 2.24) is 15.1 Å². The van der Waals surface area contributed by atoms with Crippen LogP contribution in [0.5, 0.6) is 0 Å². The van der Waals surface area contributed by atoms with Crippen LogP contribution in [0.3, 0.4) is 0 Å². The quantitative estimate of drug-likeness (QED) is 0.721. The molecule has 1 saturated heterocycles. The van der Waals surface area contributed by atoms with E-state index in [-0.39, 0.29) is 30.7 Å². The summed E-state index contributed by atoms with van der Waals surface area (Å²) in [6, 6.07) is 4.49. The lowest BCUT2D eigenvalue weighted by atomic mass is 9.74. The minimum Gasteiger partial charge on any atom is -0.354 e. The van der Waals surface area contributed by atoms with Crippen molar-refractivity contribution in [2.75, 3.05) is 32.7 Å². The Balaban J connectivity index is 1.43. The average Bonchev–Trinajstić information content (AvgIpc) is 2.84. The molecule has 1 aliphatic heterocycles. The summed E-state index contributed by atoms with van der Waals surface area (Å²) < 4.78 is 0. The van der Waals surface area contributed by atoms with Gasteiger partial charge in [0.25, 0.3) is 0 Å². The van der Waals surface area contributed by atoms with Crippen LogP contribution in [0.2, 0.25) is 0 Å². The van der Waals surface area contributed by atoms with Gasteiger partial charge in [-0.2, -0.15) is 10.5 Å². The Morgan fingerprint density at radius 3 is 1.74 bits per heavy atom. The first kappa shape index (κ1) is 23.1. The number of carbonyl (C=O) groups excluding carboxylic acids is 3. The van der Waals surface area contributed by atoms with E-state index in [1.807, 2.05) is 0 Å². The number of rotatable bonds is 5.